The van der Waals surface area contributed by atoms with Crippen LogP contribution in [0.15, 0.2) is 24.3 Å². The molecule has 3 rings (SSSR count). The molecule has 0 radical (unpaired) electrons. The number of hydrogen-bond acceptors (Lipinski definition) is 5. The van der Waals surface area contributed by atoms with E-state index in [0.29, 0.717) is 13.1 Å². The fraction of sp³-hybridized carbons (Fsp3) is 0.600. The summed E-state index contributed by atoms with van der Waals surface area (Å²) in [4.78, 5) is 4.34. The van der Waals surface area contributed by atoms with Crippen LogP contribution in [0.3, 0.4) is 0 Å². The van der Waals surface area contributed by atoms with Gasteiger partial charge in [0.2, 0.25) is 0 Å². The molecule has 2 aliphatic heterocycles. The van der Waals surface area contributed by atoms with Crippen LogP contribution in [0, 0.1) is 0 Å². The van der Waals surface area contributed by atoms with Crippen molar-refractivity contribution in [1.82, 2.24) is 9.80 Å². The van der Waals surface area contributed by atoms with E-state index < -0.39 is 9.84 Å². The van der Waals surface area contributed by atoms with E-state index in [1.807, 2.05) is 24.3 Å². The Morgan fingerprint density at radius 3 is 2.45 bits per heavy atom. The zero-order chi connectivity index (χ0) is 15.7. The number of fused-ring (bicyclic) bond motifs is 1. The molecule has 0 unspecified atom stereocenters. The zero-order valence-electron chi connectivity index (χ0n) is 12.4. The van der Waals surface area contributed by atoms with Crippen LogP contribution in [0.1, 0.15) is 5.56 Å². The molecule has 0 spiro atoms. The van der Waals surface area contributed by atoms with Crippen molar-refractivity contribution < 1.29 is 13.5 Å². The largest absolute Gasteiger partial charge is 0.395 e. The summed E-state index contributed by atoms with van der Waals surface area (Å²) in [5.74, 6) is 0.390. The number of β-amino-alcohol motifs (C(OH)–C–C–N with tert-alkyl or cyclic N) is 1. The summed E-state index contributed by atoms with van der Waals surface area (Å²) >= 11 is 6.23. The molecule has 2 fully saturated rings. The van der Waals surface area contributed by atoms with Crippen molar-refractivity contribution in [3.05, 3.63) is 34.9 Å². The highest BCUT2D eigenvalue weighted by Crippen LogP contribution is 2.29. The van der Waals surface area contributed by atoms with Crippen LogP contribution in [-0.4, -0.2) is 73.2 Å². The van der Waals surface area contributed by atoms with Crippen LogP contribution in [0.25, 0.3) is 0 Å². The van der Waals surface area contributed by atoms with Crippen LogP contribution in [0.2, 0.25) is 5.02 Å². The Morgan fingerprint density at radius 1 is 1.14 bits per heavy atom. The summed E-state index contributed by atoms with van der Waals surface area (Å²) in [6, 6.07) is 7.66. The van der Waals surface area contributed by atoms with Crippen molar-refractivity contribution in [3.63, 3.8) is 0 Å². The molecule has 7 heteroatoms. The van der Waals surface area contributed by atoms with Gasteiger partial charge in [0.25, 0.3) is 0 Å². The number of hydrogen-bond donors (Lipinski definition) is 1. The summed E-state index contributed by atoms with van der Waals surface area (Å²) in [6.45, 7) is 2.84. The molecule has 122 valence electrons. The van der Waals surface area contributed by atoms with E-state index >= 15 is 0 Å². The highest BCUT2D eigenvalue weighted by atomic mass is 35.5. The Hall–Kier alpha value is -0.660. The number of nitrogens with zero attached hydrogens (tertiary/aromatic N) is 2. The topological polar surface area (TPSA) is 60.9 Å². The highest BCUT2D eigenvalue weighted by Gasteiger charge is 2.46. The van der Waals surface area contributed by atoms with E-state index in [0.717, 1.165) is 23.7 Å². The number of sulfone groups is 1. The van der Waals surface area contributed by atoms with E-state index in [-0.39, 0.29) is 30.2 Å². The summed E-state index contributed by atoms with van der Waals surface area (Å²) in [6.07, 6.45) is 0. The van der Waals surface area contributed by atoms with Gasteiger partial charge in [0.05, 0.1) is 18.1 Å². The van der Waals surface area contributed by atoms with Gasteiger partial charge in [-0.15, -0.1) is 0 Å². The van der Waals surface area contributed by atoms with Gasteiger partial charge in [0.1, 0.15) is 0 Å². The summed E-state index contributed by atoms with van der Waals surface area (Å²) in [5.41, 5.74) is 1.03. The van der Waals surface area contributed by atoms with Gasteiger partial charge in [-0.05, 0) is 11.6 Å². The van der Waals surface area contributed by atoms with Crippen LogP contribution in [-0.2, 0) is 16.4 Å². The van der Waals surface area contributed by atoms with Crippen LogP contribution in [0.4, 0.5) is 0 Å². The molecule has 0 amide bonds. The number of piperazine rings is 1. The maximum absolute atomic E-state index is 12.1. The Morgan fingerprint density at radius 2 is 1.77 bits per heavy atom. The minimum atomic E-state index is -3.01. The van der Waals surface area contributed by atoms with Gasteiger partial charge in [0.15, 0.2) is 9.84 Å². The molecule has 2 aliphatic rings. The highest BCUT2D eigenvalue weighted by molar-refractivity contribution is 7.91. The monoisotopic (exact) mass is 344 g/mol. The van der Waals surface area contributed by atoms with Gasteiger partial charge in [-0.1, -0.05) is 29.8 Å². The van der Waals surface area contributed by atoms with Gasteiger partial charge < -0.3 is 5.11 Å². The van der Waals surface area contributed by atoms with E-state index in [9.17, 15) is 13.5 Å². The third-order valence-corrected chi connectivity index (χ3v) is 6.69. The smallest absolute Gasteiger partial charge is 0.153 e. The number of benzene rings is 1. The van der Waals surface area contributed by atoms with E-state index in [1.54, 1.807) is 0 Å². The SMILES string of the molecule is O=S1(=O)C[C@@H]2[C@H](C1)N(CCO)CCN2Cc1ccccc1Cl. The average molecular weight is 345 g/mol. The molecule has 0 aliphatic carbocycles. The Labute approximate surface area is 136 Å². The van der Waals surface area contributed by atoms with E-state index in [1.165, 1.54) is 0 Å². The van der Waals surface area contributed by atoms with Crippen LogP contribution in [0.5, 0.6) is 0 Å². The second kappa shape index (κ2) is 6.45. The molecular formula is C15H21ClN2O3S. The fourth-order valence-electron chi connectivity index (χ4n) is 3.54. The molecule has 22 heavy (non-hydrogen) atoms. The molecule has 0 aromatic heterocycles. The third-order valence-electron chi connectivity index (χ3n) is 4.62. The van der Waals surface area contributed by atoms with Crippen LogP contribution < -0.4 is 0 Å². The number of halogens is 1. The number of aliphatic hydroxyl groups is 1. The first-order valence-corrected chi connectivity index (χ1v) is 9.73. The predicted molar refractivity (Wildman–Crippen MR) is 86.8 cm³/mol. The van der Waals surface area contributed by atoms with Crippen molar-refractivity contribution in [1.29, 1.82) is 0 Å². The van der Waals surface area contributed by atoms with Crippen molar-refractivity contribution >= 4 is 21.4 Å². The normalized spacial score (nSPS) is 28.6. The summed E-state index contributed by atoms with van der Waals surface area (Å²) < 4.78 is 24.1. The second-order valence-electron chi connectivity index (χ2n) is 6.03. The molecule has 2 atom stereocenters. The van der Waals surface area contributed by atoms with Gasteiger partial charge >= 0.3 is 0 Å². The lowest BCUT2D eigenvalue weighted by Gasteiger charge is -2.43. The molecular weight excluding hydrogens is 324 g/mol. The van der Waals surface area contributed by atoms with Crippen molar-refractivity contribution in [3.8, 4) is 0 Å². The lowest BCUT2D eigenvalue weighted by Crippen LogP contribution is -2.59. The van der Waals surface area contributed by atoms with E-state index in [2.05, 4.69) is 9.80 Å². The Kier molecular flexibility index (Phi) is 4.75. The molecule has 1 N–H and O–H groups in total. The summed E-state index contributed by atoms with van der Waals surface area (Å²) in [5, 5.41) is 9.90. The minimum absolute atomic E-state index is 0.0124. The lowest BCUT2D eigenvalue weighted by atomic mass is 10.0. The number of aliphatic hydroxyl groups excluding tert-OH is 1. The van der Waals surface area contributed by atoms with Gasteiger partial charge in [-0.25, -0.2) is 8.42 Å². The Bertz CT molecular complexity index is 637. The van der Waals surface area contributed by atoms with Gasteiger partial charge in [-0.3, -0.25) is 9.80 Å². The minimum Gasteiger partial charge on any atom is -0.395 e. The van der Waals surface area contributed by atoms with E-state index in [4.69, 9.17) is 11.6 Å². The standard InChI is InChI=1S/C15H21ClN2O3S/c16-13-4-2-1-3-12(13)9-18-6-5-17(7-8-19)14-10-22(20,21)11-15(14)18/h1-4,14-15,19H,5-11H2/t14-,15+/m0/s1. The molecule has 0 bridgehead atoms. The van der Waals surface area contributed by atoms with Crippen molar-refractivity contribution in [2.24, 2.45) is 0 Å². The Balaban J connectivity index is 1.80. The first-order chi connectivity index (χ1) is 10.5. The quantitative estimate of drug-likeness (QED) is 0.867. The maximum atomic E-state index is 12.1. The molecule has 2 heterocycles. The lowest BCUT2D eigenvalue weighted by molar-refractivity contribution is 0.0308. The maximum Gasteiger partial charge on any atom is 0.153 e. The van der Waals surface area contributed by atoms with Crippen molar-refractivity contribution in [2.75, 3.05) is 37.7 Å². The molecule has 1 aromatic rings. The summed E-state index contributed by atoms with van der Waals surface area (Å²) in [7, 11) is -3.01. The first-order valence-electron chi connectivity index (χ1n) is 7.53. The van der Waals surface area contributed by atoms with Crippen LogP contribution >= 0.6 is 11.6 Å². The van der Waals surface area contributed by atoms with Crippen molar-refractivity contribution in [2.45, 2.75) is 18.6 Å². The third kappa shape index (κ3) is 3.31. The molecule has 2 saturated heterocycles. The second-order valence-corrected chi connectivity index (χ2v) is 8.59. The number of rotatable bonds is 4. The van der Waals surface area contributed by atoms with Gasteiger partial charge in [0, 0.05) is 43.3 Å². The predicted octanol–water partition coefficient (Wildman–Crippen LogP) is 0.616. The zero-order valence-corrected chi connectivity index (χ0v) is 13.9. The molecule has 1 aromatic carbocycles. The van der Waals surface area contributed by atoms with Gasteiger partial charge in [-0.2, -0.15) is 0 Å². The average Bonchev–Trinajstić information content (AvgIpc) is 2.80. The first kappa shape index (κ1) is 16.2. The molecule has 5 nitrogen and oxygen atoms in total. The fourth-order valence-corrected chi connectivity index (χ4v) is 5.78. The molecule has 0 saturated carbocycles.